The van der Waals surface area contributed by atoms with Crippen molar-refractivity contribution in [3.05, 3.63) is 106 Å². The van der Waals surface area contributed by atoms with E-state index in [4.69, 9.17) is 9.47 Å². The van der Waals surface area contributed by atoms with Crippen LogP contribution >= 0.6 is 15.9 Å². The van der Waals surface area contributed by atoms with Gasteiger partial charge in [-0.3, -0.25) is 10.1 Å². The summed E-state index contributed by atoms with van der Waals surface area (Å²) in [5.74, 6) is 0.393. The Morgan fingerprint density at radius 2 is 1.92 bits per heavy atom. The second-order valence-electron chi connectivity index (χ2n) is 8.48. The Morgan fingerprint density at radius 3 is 2.66 bits per heavy atom. The molecular weight excluding hydrogens is 555 g/mol. The van der Waals surface area contributed by atoms with Gasteiger partial charge in [0.1, 0.15) is 17.3 Å². The minimum atomic E-state index is -0.655. The van der Waals surface area contributed by atoms with Crippen molar-refractivity contribution in [2.75, 3.05) is 17.7 Å². The number of nitrogens with one attached hydrogen (secondary N) is 2. The van der Waals surface area contributed by atoms with Gasteiger partial charge in [0.05, 0.1) is 19.2 Å². The van der Waals surface area contributed by atoms with Crippen molar-refractivity contribution in [3.63, 3.8) is 0 Å². The number of fused-ring (bicyclic) bond motifs is 1. The van der Waals surface area contributed by atoms with E-state index in [1.807, 2.05) is 30.3 Å². The molecule has 0 radical (unpaired) electrons. The van der Waals surface area contributed by atoms with Gasteiger partial charge in [0.15, 0.2) is 11.6 Å². The molecular formula is C28H22BrFN4O4. The Kier molecular flexibility index (Phi) is 7.23. The first kappa shape index (κ1) is 25.2. The highest BCUT2D eigenvalue weighted by Gasteiger charge is 2.27. The third kappa shape index (κ3) is 5.60. The number of carbonyl (C=O) groups excluding carboxylic acids is 2. The predicted octanol–water partition coefficient (Wildman–Crippen LogP) is 6.58. The molecule has 2 N–H and O–H groups in total. The molecule has 1 aromatic heterocycles. The zero-order valence-corrected chi connectivity index (χ0v) is 21.8. The molecule has 0 bridgehead atoms. The molecule has 0 aliphatic carbocycles. The molecule has 5 rings (SSSR count). The summed E-state index contributed by atoms with van der Waals surface area (Å²) in [4.78, 5) is 31.0. The number of pyridine rings is 1. The SMILES string of the molecule is COc1ccc(CN2Cc3c(Oc4ccc(NC(=O)c5cccc(Br)c5)cc4F)ccnc3NC2=O)cc1. The van der Waals surface area contributed by atoms with Gasteiger partial charge in [0, 0.05) is 34.5 Å². The monoisotopic (exact) mass is 576 g/mol. The van der Waals surface area contributed by atoms with E-state index in [0.29, 0.717) is 29.2 Å². The van der Waals surface area contributed by atoms with Gasteiger partial charge in [0.2, 0.25) is 0 Å². The highest BCUT2D eigenvalue weighted by Crippen LogP contribution is 2.35. The molecule has 1 aliphatic heterocycles. The number of hydrogen-bond acceptors (Lipinski definition) is 5. The van der Waals surface area contributed by atoms with Gasteiger partial charge in [-0.15, -0.1) is 0 Å². The Labute approximate surface area is 226 Å². The molecule has 2 heterocycles. The Bertz CT molecular complexity index is 1510. The second-order valence-corrected chi connectivity index (χ2v) is 9.40. The summed E-state index contributed by atoms with van der Waals surface area (Å²) in [6, 6.07) is 19.8. The van der Waals surface area contributed by atoms with E-state index in [2.05, 4.69) is 31.5 Å². The van der Waals surface area contributed by atoms with E-state index >= 15 is 0 Å². The van der Waals surface area contributed by atoms with E-state index in [-0.39, 0.29) is 29.9 Å². The molecule has 3 amide bonds. The van der Waals surface area contributed by atoms with Crippen molar-refractivity contribution in [2.45, 2.75) is 13.1 Å². The number of nitrogens with zero attached hydrogens (tertiary/aromatic N) is 2. The first-order valence-corrected chi connectivity index (χ1v) is 12.4. The highest BCUT2D eigenvalue weighted by atomic mass is 79.9. The summed E-state index contributed by atoms with van der Waals surface area (Å²) in [6.45, 7) is 0.573. The number of ether oxygens (including phenoxy) is 2. The smallest absolute Gasteiger partial charge is 0.323 e. The molecule has 0 saturated heterocycles. The lowest BCUT2D eigenvalue weighted by molar-refractivity contribution is 0.102. The maximum atomic E-state index is 15.0. The minimum Gasteiger partial charge on any atom is -0.497 e. The van der Waals surface area contributed by atoms with Gasteiger partial charge in [-0.05, 0) is 54.1 Å². The average molecular weight is 577 g/mol. The van der Waals surface area contributed by atoms with E-state index in [1.54, 1.807) is 42.3 Å². The van der Waals surface area contributed by atoms with Crippen LogP contribution in [0.25, 0.3) is 0 Å². The number of rotatable bonds is 7. The zero-order valence-electron chi connectivity index (χ0n) is 20.2. The molecule has 0 spiro atoms. The Morgan fingerprint density at radius 1 is 1.11 bits per heavy atom. The van der Waals surface area contributed by atoms with Gasteiger partial charge < -0.3 is 19.7 Å². The molecule has 3 aromatic carbocycles. The van der Waals surface area contributed by atoms with Crippen LogP contribution in [-0.4, -0.2) is 28.9 Å². The van der Waals surface area contributed by atoms with Gasteiger partial charge in [-0.2, -0.15) is 0 Å². The predicted molar refractivity (Wildman–Crippen MR) is 144 cm³/mol. The number of halogens is 2. The Hall–Kier alpha value is -4.44. The quantitative estimate of drug-likeness (QED) is 0.259. The topological polar surface area (TPSA) is 92.8 Å². The van der Waals surface area contributed by atoms with E-state index < -0.39 is 5.82 Å². The van der Waals surface area contributed by atoms with Crippen LogP contribution in [0.1, 0.15) is 21.5 Å². The summed E-state index contributed by atoms with van der Waals surface area (Å²) < 4.78 is 26.8. The van der Waals surface area contributed by atoms with E-state index in [0.717, 1.165) is 15.8 Å². The van der Waals surface area contributed by atoms with E-state index in [1.165, 1.54) is 18.3 Å². The lowest BCUT2D eigenvalue weighted by Crippen LogP contribution is -2.38. The maximum Gasteiger partial charge on any atom is 0.323 e. The molecule has 0 unspecified atom stereocenters. The number of hydrogen-bond donors (Lipinski definition) is 2. The summed E-state index contributed by atoms with van der Waals surface area (Å²) in [6.07, 6.45) is 1.48. The number of carbonyl (C=O) groups is 2. The first-order valence-electron chi connectivity index (χ1n) is 11.6. The van der Waals surface area contributed by atoms with Gasteiger partial charge in [-0.25, -0.2) is 14.2 Å². The number of methoxy groups -OCH3 is 1. The molecule has 38 heavy (non-hydrogen) atoms. The lowest BCUT2D eigenvalue weighted by atomic mass is 10.1. The Balaban J connectivity index is 1.32. The fourth-order valence-corrected chi connectivity index (χ4v) is 4.36. The number of amides is 3. The second kappa shape index (κ2) is 10.9. The van der Waals surface area contributed by atoms with Crippen molar-refractivity contribution < 1.29 is 23.5 Å². The number of aromatic nitrogens is 1. The fourth-order valence-electron chi connectivity index (χ4n) is 3.97. The van der Waals surface area contributed by atoms with Crippen molar-refractivity contribution in [1.29, 1.82) is 0 Å². The van der Waals surface area contributed by atoms with Gasteiger partial charge >= 0.3 is 6.03 Å². The van der Waals surface area contributed by atoms with E-state index in [9.17, 15) is 14.0 Å². The molecule has 10 heteroatoms. The number of benzene rings is 3. The van der Waals surface area contributed by atoms with Crippen LogP contribution < -0.4 is 20.1 Å². The normalized spacial score (nSPS) is 12.4. The largest absolute Gasteiger partial charge is 0.497 e. The summed E-state index contributed by atoms with van der Waals surface area (Å²) in [5.41, 5.74) is 2.26. The van der Waals surface area contributed by atoms with Crippen LogP contribution in [0.2, 0.25) is 0 Å². The molecule has 0 atom stereocenters. The van der Waals surface area contributed by atoms with Crippen LogP contribution in [0.15, 0.2) is 83.5 Å². The third-order valence-corrected chi connectivity index (χ3v) is 6.40. The molecule has 0 saturated carbocycles. The minimum absolute atomic E-state index is 0.0301. The first-order chi connectivity index (χ1) is 18.4. The van der Waals surface area contributed by atoms with Crippen molar-refractivity contribution >= 4 is 39.4 Å². The van der Waals surface area contributed by atoms with Crippen LogP contribution in [0, 0.1) is 5.82 Å². The highest BCUT2D eigenvalue weighted by molar-refractivity contribution is 9.10. The zero-order chi connectivity index (χ0) is 26.6. The number of urea groups is 1. The number of anilines is 2. The van der Waals surface area contributed by atoms with Crippen molar-refractivity contribution in [3.8, 4) is 17.2 Å². The molecule has 8 nitrogen and oxygen atoms in total. The molecule has 192 valence electrons. The van der Waals surface area contributed by atoms with Gasteiger partial charge in [-0.1, -0.05) is 34.1 Å². The molecule has 0 fully saturated rings. The van der Waals surface area contributed by atoms with Gasteiger partial charge in [0.25, 0.3) is 5.91 Å². The standard InChI is InChI=1S/C28H22BrFN4O4/c1-37-21-8-5-17(6-9-21)15-34-16-22-24(11-12-31-26(22)33-28(34)36)38-25-10-7-20(14-23(25)30)32-27(35)18-3-2-4-19(29)13-18/h2-14H,15-16H2,1H3,(H,32,35)(H,31,33,36). The fraction of sp³-hybridized carbons (Fsp3) is 0.107. The summed E-state index contributed by atoms with van der Waals surface area (Å²) in [7, 11) is 1.59. The van der Waals surface area contributed by atoms with Crippen LogP contribution in [-0.2, 0) is 13.1 Å². The lowest BCUT2D eigenvalue weighted by Gasteiger charge is -2.29. The van der Waals surface area contributed by atoms with Crippen LogP contribution in [0.5, 0.6) is 17.2 Å². The van der Waals surface area contributed by atoms with Crippen LogP contribution in [0.3, 0.4) is 0 Å². The van der Waals surface area contributed by atoms with Crippen molar-refractivity contribution in [2.24, 2.45) is 0 Å². The molecule has 1 aliphatic rings. The summed E-state index contributed by atoms with van der Waals surface area (Å²) >= 11 is 3.33. The summed E-state index contributed by atoms with van der Waals surface area (Å²) in [5, 5.41) is 5.45. The maximum absolute atomic E-state index is 15.0. The molecule has 4 aromatic rings. The van der Waals surface area contributed by atoms with Crippen molar-refractivity contribution in [1.82, 2.24) is 9.88 Å². The average Bonchev–Trinajstić information content (AvgIpc) is 2.91. The van der Waals surface area contributed by atoms with Crippen LogP contribution in [0.4, 0.5) is 20.7 Å². The third-order valence-electron chi connectivity index (χ3n) is 5.90.